The molecular weight excluding hydrogens is 248 g/mol. The molecule has 0 bridgehead atoms. The average Bonchev–Trinajstić information content (AvgIpc) is 2.73. The van der Waals surface area contributed by atoms with E-state index in [1.807, 2.05) is 24.3 Å². The third kappa shape index (κ3) is 2.51. The lowest BCUT2D eigenvalue weighted by Crippen LogP contribution is -1.95. The minimum Gasteiger partial charge on any atom is -0.477 e. The van der Waals surface area contributed by atoms with Crippen LogP contribution in [0.4, 0.5) is 5.13 Å². The number of nitrogens with zero attached hydrogens (tertiary/aromatic N) is 1. The van der Waals surface area contributed by atoms with Crippen molar-refractivity contribution in [3.8, 4) is 11.3 Å². The van der Waals surface area contributed by atoms with Crippen LogP contribution in [0.3, 0.4) is 0 Å². The highest BCUT2D eigenvalue weighted by molar-refractivity contribution is 7.17. The van der Waals surface area contributed by atoms with E-state index in [1.54, 1.807) is 0 Å². The first-order valence-corrected chi connectivity index (χ1v) is 6.52. The van der Waals surface area contributed by atoms with E-state index in [1.165, 1.54) is 5.56 Å². The quantitative estimate of drug-likeness (QED) is 0.887. The summed E-state index contributed by atoms with van der Waals surface area (Å²) in [6.07, 6.45) is 2.11. The zero-order valence-electron chi connectivity index (χ0n) is 10.0. The summed E-state index contributed by atoms with van der Waals surface area (Å²) in [7, 11) is 0. The van der Waals surface area contributed by atoms with Gasteiger partial charge >= 0.3 is 5.97 Å². The first kappa shape index (κ1) is 12.6. The molecule has 0 aliphatic carbocycles. The van der Waals surface area contributed by atoms with Crippen molar-refractivity contribution < 1.29 is 9.90 Å². The Labute approximate surface area is 109 Å². The van der Waals surface area contributed by atoms with E-state index in [9.17, 15) is 4.79 Å². The topological polar surface area (TPSA) is 76.2 Å². The average molecular weight is 262 g/mol. The molecule has 0 amide bonds. The predicted molar refractivity (Wildman–Crippen MR) is 72.9 cm³/mol. The Kier molecular flexibility index (Phi) is 3.62. The van der Waals surface area contributed by atoms with Gasteiger partial charge in [0.2, 0.25) is 0 Å². The lowest BCUT2D eigenvalue weighted by atomic mass is 10.1. The van der Waals surface area contributed by atoms with Crippen LogP contribution in [0.25, 0.3) is 11.3 Å². The number of thiazole rings is 1. The highest BCUT2D eigenvalue weighted by Gasteiger charge is 2.17. The molecule has 0 unspecified atom stereocenters. The van der Waals surface area contributed by atoms with Crippen molar-refractivity contribution in [2.24, 2.45) is 0 Å². The van der Waals surface area contributed by atoms with Gasteiger partial charge < -0.3 is 10.8 Å². The Morgan fingerprint density at radius 3 is 2.61 bits per heavy atom. The molecule has 0 saturated heterocycles. The van der Waals surface area contributed by atoms with Gasteiger partial charge in [-0.15, -0.1) is 0 Å². The SMILES string of the molecule is CCCc1ccc(-c2nc(N)sc2C(=O)O)cc1. The van der Waals surface area contributed by atoms with Crippen molar-refractivity contribution in [3.05, 3.63) is 34.7 Å². The summed E-state index contributed by atoms with van der Waals surface area (Å²) in [5.74, 6) is -0.989. The van der Waals surface area contributed by atoms with Gasteiger partial charge in [0.25, 0.3) is 0 Å². The van der Waals surface area contributed by atoms with Crippen LogP contribution in [-0.4, -0.2) is 16.1 Å². The molecule has 0 spiro atoms. The summed E-state index contributed by atoms with van der Waals surface area (Å²) in [6, 6.07) is 7.79. The number of nitrogens with two attached hydrogens (primary N) is 1. The first-order chi connectivity index (χ1) is 8.61. The summed E-state index contributed by atoms with van der Waals surface area (Å²) >= 11 is 0.999. The van der Waals surface area contributed by atoms with Gasteiger partial charge in [-0.1, -0.05) is 48.9 Å². The van der Waals surface area contributed by atoms with Crippen LogP contribution >= 0.6 is 11.3 Å². The first-order valence-electron chi connectivity index (χ1n) is 5.70. The molecule has 1 heterocycles. The zero-order chi connectivity index (χ0) is 13.1. The normalized spacial score (nSPS) is 10.5. The Morgan fingerprint density at radius 1 is 1.39 bits per heavy atom. The second-order valence-electron chi connectivity index (χ2n) is 3.98. The van der Waals surface area contributed by atoms with Crippen molar-refractivity contribution in [3.63, 3.8) is 0 Å². The maximum atomic E-state index is 11.1. The molecular formula is C13H14N2O2S. The van der Waals surface area contributed by atoms with Crippen LogP contribution in [-0.2, 0) is 6.42 Å². The lowest BCUT2D eigenvalue weighted by Gasteiger charge is -2.02. The molecule has 94 valence electrons. The second-order valence-corrected chi connectivity index (χ2v) is 5.01. The van der Waals surface area contributed by atoms with Gasteiger partial charge in [-0.2, -0.15) is 0 Å². The molecule has 0 saturated carbocycles. The van der Waals surface area contributed by atoms with E-state index in [2.05, 4.69) is 11.9 Å². The van der Waals surface area contributed by atoms with Crippen molar-refractivity contribution in [2.45, 2.75) is 19.8 Å². The maximum absolute atomic E-state index is 11.1. The molecule has 0 fully saturated rings. The van der Waals surface area contributed by atoms with E-state index in [0.29, 0.717) is 5.69 Å². The Balaban J connectivity index is 2.39. The molecule has 2 rings (SSSR count). The molecule has 0 aliphatic rings. The number of anilines is 1. The smallest absolute Gasteiger partial charge is 0.348 e. The van der Waals surface area contributed by atoms with Crippen LogP contribution < -0.4 is 5.73 Å². The molecule has 4 nitrogen and oxygen atoms in total. The molecule has 0 radical (unpaired) electrons. The minimum atomic E-state index is -0.989. The number of carboxylic acids is 1. The molecule has 3 N–H and O–H groups in total. The van der Waals surface area contributed by atoms with Crippen LogP contribution in [0.15, 0.2) is 24.3 Å². The van der Waals surface area contributed by atoms with E-state index in [4.69, 9.17) is 10.8 Å². The Hall–Kier alpha value is -1.88. The Morgan fingerprint density at radius 2 is 2.06 bits per heavy atom. The fraction of sp³-hybridized carbons (Fsp3) is 0.231. The van der Waals surface area contributed by atoms with Crippen molar-refractivity contribution >= 4 is 22.4 Å². The molecule has 2 aromatic rings. The standard InChI is InChI=1S/C13H14N2O2S/c1-2-3-8-4-6-9(7-5-8)10-11(12(16)17)18-13(14)15-10/h4-7H,2-3H2,1H3,(H2,14,15)(H,16,17). The van der Waals surface area contributed by atoms with Crippen LogP contribution in [0.2, 0.25) is 0 Å². The molecule has 0 aliphatic heterocycles. The number of hydrogen-bond acceptors (Lipinski definition) is 4. The monoisotopic (exact) mass is 262 g/mol. The number of benzene rings is 1. The summed E-state index contributed by atoms with van der Waals surface area (Å²) in [5, 5.41) is 9.37. The van der Waals surface area contributed by atoms with Crippen molar-refractivity contribution in [1.29, 1.82) is 0 Å². The van der Waals surface area contributed by atoms with Gasteiger partial charge in [0.15, 0.2) is 5.13 Å². The molecule has 18 heavy (non-hydrogen) atoms. The number of carboxylic acid groups (broad SMARTS) is 1. The third-order valence-electron chi connectivity index (χ3n) is 2.60. The van der Waals surface area contributed by atoms with Gasteiger partial charge in [-0.3, -0.25) is 0 Å². The largest absolute Gasteiger partial charge is 0.477 e. The molecule has 1 aromatic carbocycles. The Bertz CT molecular complexity index is 561. The number of carbonyl (C=O) groups is 1. The lowest BCUT2D eigenvalue weighted by molar-refractivity contribution is 0.0702. The van der Waals surface area contributed by atoms with Crippen LogP contribution in [0.1, 0.15) is 28.6 Å². The minimum absolute atomic E-state index is 0.191. The summed E-state index contributed by atoms with van der Waals surface area (Å²) < 4.78 is 0. The molecule has 5 heteroatoms. The number of aromatic carboxylic acids is 1. The van der Waals surface area contributed by atoms with E-state index >= 15 is 0 Å². The molecule has 1 aromatic heterocycles. The van der Waals surface area contributed by atoms with Crippen LogP contribution in [0, 0.1) is 0 Å². The van der Waals surface area contributed by atoms with Crippen molar-refractivity contribution in [2.75, 3.05) is 5.73 Å². The summed E-state index contributed by atoms with van der Waals surface area (Å²) in [4.78, 5) is 15.4. The fourth-order valence-corrected chi connectivity index (χ4v) is 2.49. The highest BCUT2D eigenvalue weighted by atomic mass is 32.1. The van der Waals surface area contributed by atoms with Gasteiger partial charge in [-0.05, 0) is 12.0 Å². The van der Waals surface area contributed by atoms with E-state index in [0.717, 1.165) is 29.7 Å². The van der Waals surface area contributed by atoms with Gasteiger partial charge in [0.05, 0.1) is 5.69 Å². The van der Waals surface area contributed by atoms with E-state index < -0.39 is 5.97 Å². The highest BCUT2D eigenvalue weighted by Crippen LogP contribution is 2.29. The zero-order valence-corrected chi connectivity index (χ0v) is 10.8. The maximum Gasteiger partial charge on any atom is 0.348 e. The number of aryl methyl sites for hydroxylation is 1. The van der Waals surface area contributed by atoms with Gasteiger partial charge in [0, 0.05) is 5.56 Å². The van der Waals surface area contributed by atoms with Crippen molar-refractivity contribution in [1.82, 2.24) is 4.98 Å². The van der Waals surface area contributed by atoms with E-state index in [-0.39, 0.29) is 10.0 Å². The number of hydrogen-bond donors (Lipinski definition) is 2. The number of aromatic nitrogens is 1. The number of rotatable bonds is 4. The van der Waals surface area contributed by atoms with Gasteiger partial charge in [0.1, 0.15) is 4.88 Å². The molecule has 0 atom stereocenters. The predicted octanol–water partition coefficient (Wildman–Crippen LogP) is 3.04. The van der Waals surface area contributed by atoms with Gasteiger partial charge in [-0.25, -0.2) is 9.78 Å². The fourth-order valence-electron chi connectivity index (χ4n) is 1.80. The number of nitrogen functional groups attached to an aromatic ring is 1. The second kappa shape index (κ2) is 5.18. The summed E-state index contributed by atoms with van der Waals surface area (Å²) in [5.41, 5.74) is 8.06. The third-order valence-corrected chi connectivity index (χ3v) is 3.48. The van der Waals surface area contributed by atoms with Crippen LogP contribution in [0.5, 0.6) is 0 Å². The summed E-state index contributed by atoms with van der Waals surface area (Å²) in [6.45, 7) is 2.12.